The fraction of sp³-hybridized carbons (Fsp3) is 0.545. The van der Waals surface area contributed by atoms with Gasteiger partial charge in [-0.2, -0.15) is 13.2 Å². The Morgan fingerprint density at radius 3 is 2.53 bits per heavy atom. The standard InChI is InChI=1S/C11H14F3N3O2/c1-3-4-17(6-11(12,13)14)10-15-7(2)5-8(16-10)9(18)19/h5H,3-4,6H2,1-2H3,(H,18,19). The third-order valence-corrected chi connectivity index (χ3v) is 2.21. The lowest BCUT2D eigenvalue weighted by molar-refractivity contribution is -0.119. The quantitative estimate of drug-likeness (QED) is 0.894. The van der Waals surface area contributed by atoms with Crippen LogP contribution in [0.2, 0.25) is 0 Å². The fourth-order valence-electron chi connectivity index (χ4n) is 1.54. The second kappa shape index (κ2) is 5.85. The maximum atomic E-state index is 12.5. The van der Waals surface area contributed by atoms with E-state index >= 15 is 0 Å². The number of aryl methyl sites for hydroxylation is 1. The summed E-state index contributed by atoms with van der Waals surface area (Å²) < 4.78 is 37.4. The van der Waals surface area contributed by atoms with Crippen molar-refractivity contribution in [3.8, 4) is 0 Å². The van der Waals surface area contributed by atoms with Crippen molar-refractivity contribution in [1.82, 2.24) is 9.97 Å². The highest BCUT2D eigenvalue weighted by Gasteiger charge is 2.32. The average molecular weight is 277 g/mol. The Hall–Kier alpha value is -1.86. The first kappa shape index (κ1) is 15.2. The minimum atomic E-state index is -4.40. The second-order valence-electron chi connectivity index (χ2n) is 4.04. The molecule has 0 saturated heterocycles. The van der Waals surface area contributed by atoms with Crippen molar-refractivity contribution >= 4 is 11.9 Å². The Balaban J connectivity index is 3.11. The number of rotatable bonds is 5. The summed E-state index contributed by atoms with van der Waals surface area (Å²) >= 11 is 0. The van der Waals surface area contributed by atoms with Crippen LogP contribution in [0.15, 0.2) is 6.07 Å². The van der Waals surface area contributed by atoms with Gasteiger partial charge in [0.15, 0.2) is 5.69 Å². The first-order chi connectivity index (χ1) is 8.73. The van der Waals surface area contributed by atoms with E-state index in [2.05, 4.69) is 9.97 Å². The van der Waals surface area contributed by atoms with Crippen molar-refractivity contribution < 1.29 is 23.1 Å². The smallest absolute Gasteiger partial charge is 0.406 e. The summed E-state index contributed by atoms with van der Waals surface area (Å²) in [6, 6.07) is 1.21. The van der Waals surface area contributed by atoms with E-state index < -0.39 is 18.7 Å². The van der Waals surface area contributed by atoms with Crippen molar-refractivity contribution in [3.63, 3.8) is 0 Å². The summed E-state index contributed by atoms with van der Waals surface area (Å²) in [7, 11) is 0. The number of carbonyl (C=O) groups is 1. The van der Waals surface area contributed by atoms with Crippen molar-refractivity contribution in [3.05, 3.63) is 17.5 Å². The first-order valence-corrected chi connectivity index (χ1v) is 5.63. The lowest BCUT2D eigenvalue weighted by atomic mass is 10.3. The number of nitrogens with zero attached hydrogens (tertiary/aromatic N) is 3. The minimum Gasteiger partial charge on any atom is -0.477 e. The molecule has 1 rings (SSSR count). The molecule has 1 N–H and O–H groups in total. The van der Waals surface area contributed by atoms with E-state index in [0.29, 0.717) is 12.1 Å². The van der Waals surface area contributed by atoms with Gasteiger partial charge in [0.05, 0.1) is 0 Å². The van der Waals surface area contributed by atoms with Crippen LogP contribution in [-0.2, 0) is 0 Å². The van der Waals surface area contributed by atoms with Crippen LogP contribution in [0.3, 0.4) is 0 Å². The van der Waals surface area contributed by atoms with E-state index in [0.717, 1.165) is 4.90 Å². The van der Waals surface area contributed by atoms with Gasteiger partial charge in [0.2, 0.25) is 5.95 Å². The molecule has 0 amide bonds. The van der Waals surface area contributed by atoms with Gasteiger partial charge < -0.3 is 10.0 Å². The monoisotopic (exact) mass is 277 g/mol. The summed E-state index contributed by atoms with van der Waals surface area (Å²) in [5.74, 6) is -1.51. The van der Waals surface area contributed by atoms with E-state index in [1.807, 2.05) is 0 Å². The van der Waals surface area contributed by atoms with Crippen molar-refractivity contribution in [2.45, 2.75) is 26.4 Å². The normalized spacial score (nSPS) is 11.4. The Bertz CT molecular complexity index is 463. The molecule has 0 aromatic carbocycles. The van der Waals surface area contributed by atoms with Crippen LogP contribution in [0.1, 0.15) is 29.5 Å². The number of alkyl halides is 3. The van der Waals surface area contributed by atoms with Crippen LogP contribution in [-0.4, -0.2) is 40.3 Å². The van der Waals surface area contributed by atoms with Crippen molar-refractivity contribution in [1.29, 1.82) is 0 Å². The van der Waals surface area contributed by atoms with Crippen molar-refractivity contribution in [2.75, 3.05) is 18.0 Å². The maximum Gasteiger partial charge on any atom is 0.406 e. The van der Waals surface area contributed by atoms with Gasteiger partial charge in [-0.1, -0.05) is 6.92 Å². The summed E-state index contributed by atoms with van der Waals surface area (Å²) in [6.07, 6.45) is -3.93. The van der Waals surface area contributed by atoms with E-state index in [1.165, 1.54) is 13.0 Å². The van der Waals surface area contributed by atoms with E-state index in [-0.39, 0.29) is 18.2 Å². The maximum absolute atomic E-state index is 12.5. The zero-order valence-electron chi connectivity index (χ0n) is 10.5. The van der Waals surface area contributed by atoms with Crippen LogP contribution in [0, 0.1) is 6.92 Å². The molecule has 0 aliphatic carbocycles. The molecule has 5 nitrogen and oxygen atoms in total. The second-order valence-corrected chi connectivity index (χ2v) is 4.04. The Morgan fingerprint density at radius 2 is 2.05 bits per heavy atom. The zero-order chi connectivity index (χ0) is 14.6. The number of hydrogen-bond donors (Lipinski definition) is 1. The van der Waals surface area contributed by atoms with Gasteiger partial charge in [0.1, 0.15) is 6.54 Å². The Labute approximate surface area is 108 Å². The third kappa shape index (κ3) is 4.72. The van der Waals surface area contributed by atoms with E-state index in [4.69, 9.17) is 5.11 Å². The summed E-state index contributed by atoms with van der Waals surface area (Å²) in [5.41, 5.74) is -0.00328. The van der Waals surface area contributed by atoms with Crippen LogP contribution < -0.4 is 4.90 Å². The number of halogens is 3. The van der Waals surface area contributed by atoms with E-state index in [1.54, 1.807) is 6.92 Å². The largest absolute Gasteiger partial charge is 0.477 e. The number of aromatic nitrogens is 2. The lowest BCUT2D eigenvalue weighted by Gasteiger charge is -2.23. The Kier molecular flexibility index (Phi) is 4.68. The third-order valence-electron chi connectivity index (χ3n) is 2.21. The highest BCUT2D eigenvalue weighted by molar-refractivity contribution is 5.85. The molecule has 8 heteroatoms. The topological polar surface area (TPSA) is 66.3 Å². The molecule has 1 heterocycles. The molecule has 0 atom stereocenters. The van der Waals surface area contributed by atoms with Gasteiger partial charge in [-0.05, 0) is 19.4 Å². The molecule has 0 spiro atoms. The number of aromatic carboxylic acids is 1. The number of carboxylic acid groups (broad SMARTS) is 1. The summed E-state index contributed by atoms with van der Waals surface area (Å²) in [5, 5.41) is 8.85. The Morgan fingerprint density at radius 1 is 1.42 bits per heavy atom. The number of anilines is 1. The highest BCUT2D eigenvalue weighted by atomic mass is 19.4. The predicted octanol–water partition coefficient (Wildman–Crippen LogP) is 2.26. The SMILES string of the molecule is CCCN(CC(F)(F)F)c1nc(C)cc(C(=O)O)n1. The molecule has 1 aromatic rings. The van der Waals surface area contributed by atoms with Crippen LogP contribution >= 0.6 is 0 Å². The number of hydrogen-bond acceptors (Lipinski definition) is 4. The molecule has 0 aliphatic rings. The first-order valence-electron chi connectivity index (χ1n) is 5.63. The van der Waals surface area contributed by atoms with Crippen LogP contribution in [0.4, 0.5) is 19.1 Å². The summed E-state index contributed by atoms with van der Waals surface area (Å²) in [4.78, 5) is 19.3. The van der Waals surface area contributed by atoms with Crippen LogP contribution in [0.5, 0.6) is 0 Å². The molecule has 0 unspecified atom stereocenters. The lowest BCUT2D eigenvalue weighted by Crippen LogP contribution is -2.36. The zero-order valence-corrected chi connectivity index (χ0v) is 10.5. The molecule has 0 fully saturated rings. The molecular formula is C11H14F3N3O2. The van der Waals surface area contributed by atoms with Crippen LogP contribution in [0.25, 0.3) is 0 Å². The molecular weight excluding hydrogens is 263 g/mol. The van der Waals surface area contributed by atoms with Gasteiger partial charge in [-0.15, -0.1) is 0 Å². The van der Waals surface area contributed by atoms with E-state index in [9.17, 15) is 18.0 Å². The highest BCUT2D eigenvalue weighted by Crippen LogP contribution is 2.20. The molecule has 19 heavy (non-hydrogen) atoms. The van der Waals surface area contributed by atoms with Gasteiger partial charge >= 0.3 is 12.1 Å². The summed E-state index contributed by atoms with van der Waals surface area (Å²) in [6.45, 7) is 2.12. The minimum absolute atomic E-state index is 0.0992. The average Bonchev–Trinajstić information content (AvgIpc) is 2.25. The fourth-order valence-corrected chi connectivity index (χ4v) is 1.54. The predicted molar refractivity (Wildman–Crippen MR) is 62.3 cm³/mol. The van der Waals surface area contributed by atoms with Gasteiger partial charge in [-0.25, -0.2) is 14.8 Å². The molecule has 0 bridgehead atoms. The molecule has 0 aliphatic heterocycles. The van der Waals surface area contributed by atoms with Crippen molar-refractivity contribution in [2.24, 2.45) is 0 Å². The number of carboxylic acids is 1. The molecule has 0 radical (unpaired) electrons. The molecule has 106 valence electrons. The van der Waals surface area contributed by atoms with Gasteiger partial charge in [0.25, 0.3) is 0 Å². The van der Waals surface area contributed by atoms with Gasteiger partial charge in [-0.3, -0.25) is 0 Å². The molecule has 0 saturated carbocycles. The molecule has 1 aromatic heterocycles. The van der Waals surface area contributed by atoms with Gasteiger partial charge in [0, 0.05) is 12.2 Å².